The number of halogens is 1. The van der Waals surface area contributed by atoms with Crippen LogP contribution in [0.15, 0.2) is 42.5 Å². The minimum atomic E-state index is -0.796. The number of fused-ring (bicyclic) bond motifs is 1. The van der Waals surface area contributed by atoms with Gasteiger partial charge in [0.2, 0.25) is 0 Å². The minimum absolute atomic E-state index is 0.0412. The average molecular weight is 300 g/mol. The summed E-state index contributed by atoms with van der Waals surface area (Å²) in [7, 11) is 0. The van der Waals surface area contributed by atoms with Crippen LogP contribution in [0.3, 0.4) is 0 Å². The van der Waals surface area contributed by atoms with Gasteiger partial charge in [-0.05, 0) is 60.2 Å². The maximum atomic E-state index is 13.2. The topological polar surface area (TPSA) is 46.5 Å². The van der Waals surface area contributed by atoms with E-state index in [-0.39, 0.29) is 18.3 Å². The first-order valence-corrected chi connectivity index (χ1v) is 7.37. The molecule has 0 aliphatic heterocycles. The van der Waals surface area contributed by atoms with Crippen molar-refractivity contribution in [3.8, 4) is 5.75 Å². The van der Waals surface area contributed by atoms with Crippen LogP contribution in [0, 0.1) is 5.82 Å². The summed E-state index contributed by atoms with van der Waals surface area (Å²) < 4.78 is 19.2. The molecule has 0 fully saturated rings. The zero-order valence-corrected chi connectivity index (χ0v) is 12.1. The van der Waals surface area contributed by atoms with Gasteiger partial charge in [0.25, 0.3) is 0 Å². The molecule has 1 N–H and O–H groups in total. The molecule has 0 saturated carbocycles. The third kappa shape index (κ3) is 3.27. The number of carboxylic acid groups (broad SMARTS) is 1. The molecule has 0 heterocycles. The van der Waals surface area contributed by atoms with E-state index in [1.807, 2.05) is 24.3 Å². The van der Waals surface area contributed by atoms with Crippen LogP contribution in [0.5, 0.6) is 5.75 Å². The summed E-state index contributed by atoms with van der Waals surface area (Å²) in [5, 5.41) is 8.68. The van der Waals surface area contributed by atoms with E-state index in [1.165, 1.54) is 6.07 Å². The van der Waals surface area contributed by atoms with Crippen LogP contribution in [0.25, 0.3) is 0 Å². The molecule has 1 aliphatic carbocycles. The molecule has 114 valence electrons. The Morgan fingerprint density at radius 1 is 1.23 bits per heavy atom. The van der Waals surface area contributed by atoms with Crippen LogP contribution in [-0.4, -0.2) is 11.1 Å². The zero-order chi connectivity index (χ0) is 15.5. The van der Waals surface area contributed by atoms with E-state index in [0.29, 0.717) is 6.42 Å². The van der Waals surface area contributed by atoms with E-state index in [1.54, 1.807) is 12.1 Å². The molecule has 1 atom stereocenters. The molecule has 1 aliphatic rings. The van der Waals surface area contributed by atoms with Gasteiger partial charge in [0.15, 0.2) is 0 Å². The molecule has 0 aromatic heterocycles. The van der Waals surface area contributed by atoms with Crippen LogP contribution >= 0.6 is 0 Å². The van der Waals surface area contributed by atoms with Crippen molar-refractivity contribution in [3.05, 3.63) is 65.0 Å². The van der Waals surface area contributed by atoms with Gasteiger partial charge in [-0.25, -0.2) is 4.39 Å². The fourth-order valence-corrected chi connectivity index (χ4v) is 2.82. The van der Waals surface area contributed by atoms with Gasteiger partial charge in [-0.15, -0.1) is 0 Å². The van der Waals surface area contributed by atoms with Crippen molar-refractivity contribution >= 4 is 5.97 Å². The molecule has 1 unspecified atom stereocenters. The van der Waals surface area contributed by atoms with Gasteiger partial charge in [-0.1, -0.05) is 18.2 Å². The Bertz CT molecular complexity index is 679. The Balaban J connectivity index is 1.66. The number of benzene rings is 2. The third-order valence-electron chi connectivity index (χ3n) is 3.96. The molecule has 22 heavy (non-hydrogen) atoms. The lowest BCUT2D eigenvalue weighted by molar-refractivity contribution is -0.136. The summed E-state index contributed by atoms with van der Waals surface area (Å²) in [6, 6.07) is 12.3. The van der Waals surface area contributed by atoms with E-state index in [9.17, 15) is 9.18 Å². The van der Waals surface area contributed by atoms with Gasteiger partial charge in [0.05, 0.1) is 0 Å². The lowest BCUT2D eigenvalue weighted by atomic mass is 10.1. The first-order valence-electron chi connectivity index (χ1n) is 7.37. The summed E-state index contributed by atoms with van der Waals surface area (Å²) in [6.45, 7) is 0. The molecule has 0 spiro atoms. The van der Waals surface area contributed by atoms with E-state index in [4.69, 9.17) is 9.84 Å². The SMILES string of the molecule is O=C(O)CCc1ccc(OC2CCc3cc(F)ccc32)cc1. The van der Waals surface area contributed by atoms with Gasteiger partial charge in [0.1, 0.15) is 17.7 Å². The van der Waals surface area contributed by atoms with Crippen molar-refractivity contribution in [2.24, 2.45) is 0 Å². The third-order valence-corrected chi connectivity index (χ3v) is 3.96. The highest BCUT2D eigenvalue weighted by Gasteiger charge is 2.24. The quantitative estimate of drug-likeness (QED) is 0.910. The second-order valence-corrected chi connectivity index (χ2v) is 5.53. The van der Waals surface area contributed by atoms with Crippen LogP contribution in [0.2, 0.25) is 0 Å². The van der Waals surface area contributed by atoms with Gasteiger partial charge in [-0.2, -0.15) is 0 Å². The largest absolute Gasteiger partial charge is 0.486 e. The standard InChI is InChI=1S/C18H17FO3/c19-14-5-8-16-13(11-14)4-9-17(16)22-15-6-1-12(2-7-15)3-10-18(20)21/h1-2,5-8,11,17H,3-4,9-10H2,(H,20,21). The summed E-state index contributed by atoms with van der Waals surface area (Å²) in [5.41, 5.74) is 3.04. The molecular weight excluding hydrogens is 283 g/mol. The Kier molecular flexibility index (Phi) is 4.09. The fourth-order valence-electron chi connectivity index (χ4n) is 2.82. The number of hydrogen-bond acceptors (Lipinski definition) is 2. The number of rotatable bonds is 5. The highest BCUT2D eigenvalue weighted by molar-refractivity contribution is 5.67. The second-order valence-electron chi connectivity index (χ2n) is 5.53. The Morgan fingerprint density at radius 3 is 2.73 bits per heavy atom. The smallest absolute Gasteiger partial charge is 0.303 e. The molecule has 0 saturated heterocycles. The van der Waals surface area contributed by atoms with Crippen LogP contribution < -0.4 is 4.74 Å². The van der Waals surface area contributed by atoms with Crippen molar-refractivity contribution in [1.29, 1.82) is 0 Å². The molecule has 0 bridgehead atoms. The summed E-state index contributed by atoms with van der Waals surface area (Å²) in [5.74, 6) is -0.251. The number of aryl methyl sites for hydroxylation is 2. The Morgan fingerprint density at radius 2 is 2.00 bits per heavy atom. The molecule has 2 aromatic carbocycles. The van der Waals surface area contributed by atoms with E-state index in [0.717, 1.165) is 35.3 Å². The van der Waals surface area contributed by atoms with Crippen molar-refractivity contribution in [2.75, 3.05) is 0 Å². The zero-order valence-electron chi connectivity index (χ0n) is 12.1. The second kappa shape index (κ2) is 6.18. The normalized spacial score (nSPS) is 16.3. The maximum absolute atomic E-state index is 13.2. The van der Waals surface area contributed by atoms with Crippen molar-refractivity contribution in [1.82, 2.24) is 0 Å². The van der Waals surface area contributed by atoms with Gasteiger partial charge in [0, 0.05) is 6.42 Å². The number of hydrogen-bond donors (Lipinski definition) is 1. The number of ether oxygens (including phenoxy) is 1. The van der Waals surface area contributed by atoms with Gasteiger partial charge in [-0.3, -0.25) is 4.79 Å². The highest BCUT2D eigenvalue weighted by Crippen LogP contribution is 2.35. The molecule has 0 radical (unpaired) electrons. The molecular formula is C18H17FO3. The molecule has 3 rings (SSSR count). The first kappa shape index (κ1) is 14.6. The van der Waals surface area contributed by atoms with E-state index in [2.05, 4.69) is 0 Å². The van der Waals surface area contributed by atoms with Crippen molar-refractivity contribution in [2.45, 2.75) is 31.8 Å². The van der Waals surface area contributed by atoms with Crippen molar-refractivity contribution in [3.63, 3.8) is 0 Å². The van der Waals surface area contributed by atoms with Crippen LogP contribution in [-0.2, 0) is 17.6 Å². The predicted molar refractivity (Wildman–Crippen MR) is 80.5 cm³/mol. The summed E-state index contributed by atoms with van der Waals surface area (Å²) in [6.07, 6.45) is 2.28. The molecule has 2 aromatic rings. The monoisotopic (exact) mass is 300 g/mol. The Labute approximate surface area is 128 Å². The van der Waals surface area contributed by atoms with Crippen LogP contribution in [0.4, 0.5) is 4.39 Å². The van der Waals surface area contributed by atoms with E-state index < -0.39 is 5.97 Å². The highest BCUT2D eigenvalue weighted by atomic mass is 19.1. The Hall–Kier alpha value is -2.36. The lowest BCUT2D eigenvalue weighted by Crippen LogP contribution is -2.03. The number of aliphatic carboxylic acids is 1. The number of carboxylic acids is 1. The van der Waals surface area contributed by atoms with Crippen molar-refractivity contribution < 1.29 is 19.0 Å². The van der Waals surface area contributed by atoms with Gasteiger partial charge < -0.3 is 9.84 Å². The average Bonchev–Trinajstić information content (AvgIpc) is 2.88. The lowest BCUT2D eigenvalue weighted by Gasteiger charge is -2.15. The minimum Gasteiger partial charge on any atom is -0.486 e. The first-order chi connectivity index (χ1) is 10.6. The maximum Gasteiger partial charge on any atom is 0.303 e. The summed E-state index contributed by atoms with van der Waals surface area (Å²) >= 11 is 0. The van der Waals surface area contributed by atoms with Gasteiger partial charge >= 0.3 is 5.97 Å². The fraction of sp³-hybridized carbons (Fsp3) is 0.278. The molecule has 3 nitrogen and oxygen atoms in total. The van der Waals surface area contributed by atoms with Crippen LogP contribution in [0.1, 0.15) is 35.6 Å². The molecule has 4 heteroatoms. The summed E-state index contributed by atoms with van der Waals surface area (Å²) in [4.78, 5) is 10.6. The number of carbonyl (C=O) groups is 1. The van der Waals surface area contributed by atoms with E-state index >= 15 is 0 Å². The predicted octanol–water partition coefficient (Wildman–Crippen LogP) is 3.91. The molecule has 0 amide bonds.